The summed E-state index contributed by atoms with van der Waals surface area (Å²) in [4.78, 5) is 18.3. The molecule has 3 rings (SSSR count). The van der Waals surface area contributed by atoms with E-state index >= 15 is 0 Å². The highest BCUT2D eigenvalue weighted by Crippen LogP contribution is 2.32. The molecule has 0 atom stereocenters. The van der Waals surface area contributed by atoms with Gasteiger partial charge in [-0.3, -0.25) is 10.1 Å². The van der Waals surface area contributed by atoms with Crippen molar-refractivity contribution >= 4 is 34.6 Å². The van der Waals surface area contributed by atoms with Crippen LogP contribution in [0.3, 0.4) is 0 Å². The highest BCUT2D eigenvalue weighted by atomic mass is 19.1. The second-order valence-electron chi connectivity index (χ2n) is 5.16. The number of nitrogens with zero attached hydrogens (tertiary/aromatic N) is 3. The van der Waals surface area contributed by atoms with Crippen LogP contribution in [0, 0.1) is 21.7 Å². The number of benzene rings is 2. The standard InChI is InChI=1S/C16H12F2N6O2/c17-9-3-1-5-11(7-9)20-15-13(24(25)26)14(19)22-16(23-15)21-12-6-2-4-10(18)8-12/h1-8H,(H4,19,20,21,22,23). The molecule has 0 spiro atoms. The Morgan fingerprint density at radius 2 is 1.54 bits per heavy atom. The summed E-state index contributed by atoms with van der Waals surface area (Å²) in [5.41, 5.74) is 5.68. The molecule has 0 saturated heterocycles. The van der Waals surface area contributed by atoms with E-state index in [0.29, 0.717) is 5.69 Å². The third-order valence-electron chi connectivity index (χ3n) is 3.26. The summed E-state index contributed by atoms with van der Waals surface area (Å²) in [5, 5.41) is 16.6. The number of nitro groups is 1. The largest absolute Gasteiger partial charge is 0.378 e. The van der Waals surface area contributed by atoms with Gasteiger partial charge in [0.1, 0.15) is 11.6 Å². The van der Waals surface area contributed by atoms with E-state index in [1.165, 1.54) is 36.4 Å². The third kappa shape index (κ3) is 3.80. The highest BCUT2D eigenvalue weighted by Gasteiger charge is 2.23. The van der Waals surface area contributed by atoms with Crippen molar-refractivity contribution < 1.29 is 13.7 Å². The minimum Gasteiger partial charge on any atom is -0.378 e. The van der Waals surface area contributed by atoms with E-state index in [1.807, 2.05) is 0 Å². The number of nitrogen functional groups attached to an aromatic ring is 1. The van der Waals surface area contributed by atoms with Crippen LogP contribution < -0.4 is 16.4 Å². The van der Waals surface area contributed by atoms with Crippen molar-refractivity contribution in [2.45, 2.75) is 0 Å². The molecule has 8 nitrogen and oxygen atoms in total. The Hall–Kier alpha value is -3.82. The quantitative estimate of drug-likeness (QED) is 0.469. The van der Waals surface area contributed by atoms with Gasteiger partial charge in [0.2, 0.25) is 17.6 Å². The fraction of sp³-hybridized carbons (Fsp3) is 0. The van der Waals surface area contributed by atoms with Gasteiger partial charge in [-0.05, 0) is 36.4 Å². The topological polar surface area (TPSA) is 119 Å². The molecule has 132 valence electrons. The van der Waals surface area contributed by atoms with Gasteiger partial charge in [0.25, 0.3) is 0 Å². The molecule has 0 amide bonds. The zero-order chi connectivity index (χ0) is 18.7. The molecule has 0 radical (unpaired) electrons. The van der Waals surface area contributed by atoms with E-state index in [9.17, 15) is 18.9 Å². The second-order valence-corrected chi connectivity index (χ2v) is 5.16. The number of halogens is 2. The van der Waals surface area contributed by atoms with Crippen LogP contribution in [0.15, 0.2) is 48.5 Å². The van der Waals surface area contributed by atoms with Crippen LogP contribution in [0.1, 0.15) is 0 Å². The van der Waals surface area contributed by atoms with Crippen LogP contribution in [0.4, 0.5) is 43.4 Å². The average Bonchev–Trinajstić information content (AvgIpc) is 2.54. The van der Waals surface area contributed by atoms with Crippen LogP contribution >= 0.6 is 0 Å². The number of nitrogens with two attached hydrogens (primary N) is 1. The molecule has 0 aliphatic carbocycles. The Morgan fingerprint density at radius 1 is 0.962 bits per heavy atom. The van der Waals surface area contributed by atoms with Gasteiger partial charge in [-0.15, -0.1) is 0 Å². The summed E-state index contributed by atoms with van der Waals surface area (Å²) in [6.45, 7) is 0. The Balaban J connectivity index is 2.00. The first-order chi connectivity index (χ1) is 12.4. The minimum absolute atomic E-state index is 0.0856. The van der Waals surface area contributed by atoms with Gasteiger partial charge in [-0.25, -0.2) is 8.78 Å². The normalized spacial score (nSPS) is 10.4. The molecule has 0 fully saturated rings. The first-order valence-electron chi connectivity index (χ1n) is 7.29. The summed E-state index contributed by atoms with van der Waals surface area (Å²) in [7, 11) is 0. The molecule has 0 aliphatic rings. The predicted octanol–water partition coefficient (Wildman–Crippen LogP) is 3.73. The maximum Gasteiger partial charge on any atom is 0.353 e. The maximum absolute atomic E-state index is 13.3. The average molecular weight is 358 g/mol. The maximum atomic E-state index is 13.3. The molecule has 0 aliphatic heterocycles. The predicted molar refractivity (Wildman–Crippen MR) is 92.5 cm³/mol. The molecule has 4 N–H and O–H groups in total. The number of nitrogens with one attached hydrogen (secondary N) is 2. The van der Waals surface area contributed by atoms with Crippen LogP contribution in [0.5, 0.6) is 0 Å². The Labute approximate surface area is 145 Å². The monoisotopic (exact) mass is 358 g/mol. The molecule has 1 aromatic heterocycles. The lowest BCUT2D eigenvalue weighted by Crippen LogP contribution is -2.08. The molecule has 2 aromatic carbocycles. The molecule has 0 unspecified atom stereocenters. The summed E-state index contributed by atoms with van der Waals surface area (Å²) >= 11 is 0. The zero-order valence-corrected chi connectivity index (χ0v) is 13.1. The van der Waals surface area contributed by atoms with Crippen molar-refractivity contribution in [2.24, 2.45) is 0 Å². The van der Waals surface area contributed by atoms with Gasteiger partial charge in [0.15, 0.2) is 0 Å². The van der Waals surface area contributed by atoms with Crippen LogP contribution in [-0.4, -0.2) is 14.9 Å². The number of rotatable bonds is 5. The van der Waals surface area contributed by atoms with Crippen LogP contribution in [0.2, 0.25) is 0 Å². The van der Waals surface area contributed by atoms with Crippen molar-refractivity contribution in [2.75, 3.05) is 16.4 Å². The van der Waals surface area contributed by atoms with E-state index in [1.54, 1.807) is 6.07 Å². The lowest BCUT2D eigenvalue weighted by Gasteiger charge is -2.11. The molecular formula is C16H12F2N6O2. The van der Waals surface area contributed by atoms with Gasteiger partial charge in [0.05, 0.1) is 4.92 Å². The number of hydrogen-bond acceptors (Lipinski definition) is 7. The molecule has 10 heteroatoms. The van der Waals surface area contributed by atoms with Gasteiger partial charge >= 0.3 is 5.69 Å². The van der Waals surface area contributed by atoms with Crippen molar-refractivity contribution in [1.82, 2.24) is 9.97 Å². The van der Waals surface area contributed by atoms with E-state index < -0.39 is 28.1 Å². The minimum atomic E-state index is -0.747. The lowest BCUT2D eigenvalue weighted by atomic mass is 10.3. The number of hydrogen-bond donors (Lipinski definition) is 3. The van der Waals surface area contributed by atoms with E-state index in [2.05, 4.69) is 20.6 Å². The zero-order valence-electron chi connectivity index (χ0n) is 13.1. The van der Waals surface area contributed by atoms with Gasteiger partial charge < -0.3 is 16.4 Å². The second kappa shape index (κ2) is 6.97. The first-order valence-corrected chi connectivity index (χ1v) is 7.29. The Bertz CT molecular complexity index is 983. The third-order valence-corrected chi connectivity index (χ3v) is 3.26. The summed E-state index contributed by atoms with van der Waals surface area (Å²) in [6.07, 6.45) is 0. The van der Waals surface area contributed by atoms with Crippen LogP contribution in [0.25, 0.3) is 0 Å². The molecular weight excluding hydrogens is 346 g/mol. The summed E-state index contributed by atoms with van der Waals surface area (Å²) < 4.78 is 26.6. The van der Waals surface area contributed by atoms with Gasteiger partial charge in [-0.1, -0.05) is 12.1 Å². The first kappa shape index (κ1) is 17.0. The fourth-order valence-electron chi connectivity index (χ4n) is 2.19. The highest BCUT2D eigenvalue weighted by molar-refractivity contribution is 5.75. The van der Waals surface area contributed by atoms with Gasteiger partial charge in [-0.2, -0.15) is 9.97 Å². The van der Waals surface area contributed by atoms with E-state index in [-0.39, 0.29) is 17.5 Å². The Morgan fingerprint density at radius 3 is 2.08 bits per heavy atom. The van der Waals surface area contributed by atoms with Crippen molar-refractivity contribution in [3.8, 4) is 0 Å². The van der Waals surface area contributed by atoms with Crippen LogP contribution in [-0.2, 0) is 0 Å². The fourth-order valence-corrected chi connectivity index (χ4v) is 2.19. The van der Waals surface area contributed by atoms with Crippen molar-refractivity contribution in [3.63, 3.8) is 0 Å². The lowest BCUT2D eigenvalue weighted by molar-refractivity contribution is -0.383. The SMILES string of the molecule is Nc1nc(Nc2cccc(F)c2)nc(Nc2cccc(F)c2)c1[N+](=O)[O-]. The van der Waals surface area contributed by atoms with E-state index in [0.717, 1.165) is 6.07 Å². The summed E-state index contributed by atoms with van der Waals surface area (Å²) in [5.74, 6) is -1.73. The molecule has 0 bridgehead atoms. The molecule has 1 heterocycles. The van der Waals surface area contributed by atoms with Gasteiger partial charge in [0, 0.05) is 11.4 Å². The Kier molecular flexibility index (Phi) is 4.56. The molecule has 3 aromatic rings. The van der Waals surface area contributed by atoms with E-state index in [4.69, 9.17) is 5.73 Å². The smallest absolute Gasteiger partial charge is 0.353 e. The molecule has 26 heavy (non-hydrogen) atoms. The number of aromatic nitrogens is 2. The van der Waals surface area contributed by atoms with Crippen molar-refractivity contribution in [3.05, 3.63) is 70.3 Å². The summed E-state index contributed by atoms with van der Waals surface area (Å²) in [6, 6.07) is 10.8. The number of anilines is 5. The molecule has 0 saturated carbocycles. The van der Waals surface area contributed by atoms with Crippen molar-refractivity contribution in [1.29, 1.82) is 0 Å².